The highest BCUT2D eigenvalue weighted by molar-refractivity contribution is 5.78. The number of benzene rings is 4. The molecular weight excluding hydrogens is 342 g/mol. The number of para-hydroxylation sites is 1. The van der Waals surface area contributed by atoms with Crippen LogP contribution in [0.15, 0.2) is 103 Å². The number of methoxy groups -OCH3 is 1. The third-order valence-electron chi connectivity index (χ3n) is 4.86. The van der Waals surface area contributed by atoms with Crippen molar-refractivity contribution in [3.63, 3.8) is 0 Å². The van der Waals surface area contributed by atoms with Crippen LogP contribution < -0.4 is 9.64 Å². The molecule has 0 N–H and O–H groups in total. The Morgan fingerprint density at radius 2 is 1.00 bits per heavy atom. The highest BCUT2D eigenvalue weighted by atomic mass is 16.5. The van der Waals surface area contributed by atoms with E-state index in [1.54, 1.807) is 7.11 Å². The van der Waals surface area contributed by atoms with Crippen molar-refractivity contribution in [2.24, 2.45) is 0 Å². The first-order chi connectivity index (χ1) is 13.7. The van der Waals surface area contributed by atoms with Crippen LogP contribution in [0.1, 0.15) is 5.56 Å². The van der Waals surface area contributed by atoms with E-state index in [-0.39, 0.29) is 0 Å². The van der Waals surface area contributed by atoms with E-state index < -0.39 is 0 Å². The molecule has 0 saturated heterocycles. The van der Waals surface area contributed by atoms with Gasteiger partial charge in [-0.15, -0.1) is 0 Å². The zero-order chi connectivity index (χ0) is 19.3. The van der Waals surface area contributed by atoms with Crippen molar-refractivity contribution in [2.45, 2.75) is 6.92 Å². The summed E-state index contributed by atoms with van der Waals surface area (Å²) in [6.07, 6.45) is 0. The van der Waals surface area contributed by atoms with Gasteiger partial charge in [-0.1, -0.05) is 60.2 Å². The number of hydrogen-bond acceptors (Lipinski definition) is 2. The van der Waals surface area contributed by atoms with Crippen LogP contribution in [-0.4, -0.2) is 7.11 Å². The lowest BCUT2D eigenvalue weighted by molar-refractivity contribution is 0.415. The lowest BCUT2D eigenvalue weighted by Gasteiger charge is -2.25. The number of rotatable bonds is 5. The maximum atomic E-state index is 5.31. The van der Waals surface area contributed by atoms with Gasteiger partial charge in [0.15, 0.2) is 0 Å². The van der Waals surface area contributed by atoms with Gasteiger partial charge in [0, 0.05) is 17.1 Å². The first-order valence-electron chi connectivity index (χ1n) is 9.41. The van der Waals surface area contributed by atoms with E-state index in [0.717, 1.165) is 22.8 Å². The average molecular weight is 365 g/mol. The molecule has 0 unspecified atom stereocenters. The molecule has 138 valence electrons. The fourth-order valence-electron chi connectivity index (χ4n) is 3.30. The molecule has 0 fully saturated rings. The lowest BCUT2D eigenvalue weighted by atomic mass is 10.0. The largest absolute Gasteiger partial charge is 0.497 e. The third kappa shape index (κ3) is 3.77. The van der Waals surface area contributed by atoms with Gasteiger partial charge in [0.1, 0.15) is 5.75 Å². The number of anilines is 3. The minimum Gasteiger partial charge on any atom is -0.497 e. The Bertz CT molecular complexity index is 1020. The van der Waals surface area contributed by atoms with Gasteiger partial charge in [0.05, 0.1) is 7.11 Å². The number of hydrogen-bond donors (Lipinski definition) is 0. The molecule has 0 atom stereocenters. The zero-order valence-corrected chi connectivity index (χ0v) is 16.2. The molecule has 28 heavy (non-hydrogen) atoms. The molecule has 0 aliphatic carbocycles. The number of aryl methyl sites for hydroxylation is 1. The van der Waals surface area contributed by atoms with Crippen molar-refractivity contribution in [1.82, 2.24) is 0 Å². The second-order valence-corrected chi connectivity index (χ2v) is 6.78. The van der Waals surface area contributed by atoms with Crippen LogP contribution in [0.3, 0.4) is 0 Å². The predicted molar refractivity (Wildman–Crippen MR) is 118 cm³/mol. The van der Waals surface area contributed by atoms with E-state index in [4.69, 9.17) is 4.74 Å². The van der Waals surface area contributed by atoms with E-state index in [1.807, 2.05) is 18.2 Å². The van der Waals surface area contributed by atoms with Gasteiger partial charge in [-0.2, -0.15) is 0 Å². The quantitative estimate of drug-likeness (QED) is 0.373. The molecule has 0 bridgehead atoms. The number of nitrogens with zero attached hydrogens (tertiary/aromatic N) is 1. The first kappa shape index (κ1) is 17.9. The van der Waals surface area contributed by atoms with E-state index in [0.29, 0.717) is 0 Å². The maximum Gasteiger partial charge on any atom is 0.119 e. The van der Waals surface area contributed by atoms with E-state index >= 15 is 0 Å². The van der Waals surface area contributed by atoms with E-state index in [1.165, 1.54) is 16.7 Å². The summed E-state index contributed by atoms with van der Waals surface area (Å²) in [6.45, 7) is 2.11. The summed E-state index contributed by atoms with van der Waals surface area (Å²) in [6, 6.07) is 35.9. The Labute approximate surface area is 166 Å². The number of ether oxygens (including phenoxy) is 1. The Morgan fingerprint density at radius 1 is 0.536 bits per heavy atom. The summed E-state index contributed by atoms with van der Waals surface area (Å²) >= 11 is 0. The van der Waals surface area contributed by atoms with Crippen LogP contribution in [0.2, 0.25) is 0 Å². The fraction of sp³-hybridized carbons (Fsp3) is 0.0769. The van der Waals surface area contributed by atoms with Gasteiger partial charge in [0.25, 0.3) is 0 Å². The highest BCUT2D eigenvalue weighted by Gasteiger charge is 2.12. The maximum absolute atomic E-state index is 5.31. The van der Waals surface area contributed by atoms with Crippen molar-refractivity contribution in [3.8, 4) is 16.9 Å². The van der Waals surface area contributed by atoms with Crippen LogP contribution in [-0.2, 0) is 0 Å². The summed E-state index contributed by atoms with van der Waals surface area (Å²) in [5.74, 6) is 0.853. The van der Waals surface area contributed by atoms with Crippen molar-refractivity contribution < 1.29 is 4.74 Å². The average Bonchev–Trinajstić information content (AvgIpc) is 2.76. The first-order valence-corrected chi connectivity index (χ1v) is 9.41. The fourth-order valence-corrected chi connectivity index (χ4v) is 3.30. The van der Waals surface area contributed by atoms with Gasteiger partial charge >= 0.3 is 0 Å². The van der Waals surface area contributed by atoms with Crippen LogP contribution in [0.4, 0.5) is 17.1 Å². The summed E-state index contributed by atoms with van der Waals surface area (Å²) in [7, 11) is 1.69. The third-order valence-corrected chi connectivity index (χ3v) is 4.86. The van der Waals surface area contributed by atoms with Crippen molar-refractivity contribution >= 4 is 17.1 Å². The Hall–Kier alpha value is -3.52. The molecule has 0 aliphatic rings. The summed E-state index contributed by atoms with van der Waals surface area (Å²) < 4.78 is 5.31. The molecule has 4 aromatic rings. The summed E-state index contributed by atoms with van der Waals surface area (Å²) in [5, 5.41) is 0. The summed E-state index contributed by atoms with van der Waals surface area (Å²) in [5.41, 5.74) is 7.05. The Morgan fingerprint density at radius 3 is 1.54 bits per heavy atom. The molecule has 0 saturated carbocycles. The molecule has 4 aromatic carbocycles. The van der Waals surface area contributed by atoms with Gasteiger partial charge < -0.3 is 9.64 Å². The van der Waals surface area contributed by atoms with Crippen LogP contribution in [0, 0.1) is 6.92 Å². The van der Waals surface area contributed by atoms with Gasteiger partial charge in [-0.25, -0.2) is 0 Å². The van der Waals surface area contributed by atoms with Crippen LogP contribution in [0.25, 0.3) is 11.1 Å². The SMILES string of the molecule is COc1ccc(N(c2ccccc2)c2ccc(-c3ccc(C)cc3)cc2)cc1. The van der Waals surface area contributed by atoms with Crippen molar-refractivity contribution in [2.75, 3.05) is 12.0 Å². The van der Waals surface area contributed by atoms with Gasteiger partial charge in [0.2, 0.25) is 0 Å². The Kier molecular flexibility index (Phi) is 5.11. The molecule has 0 amide bonds. The van der Waals surface area contributed by atoms with E-state index in [2.05, 4.69) is 96.8 Å². The smallest absolute Gasteiger partial charge is 0.119 e. The standard InChI is InChI=1S/C26H23NO/c1-20-8-10-21(11-9-20)22-12-14-24(15-13-22)27(23-6-4-3-5-7-23)25-16-18-26(28-2)19-17-25/h3-19H,1-2H3. The van der Waals surface area contributed by atoms with Crippen LogP contribution in [0.5, 0.6) is 5.75 Å². The summed E-state index contributed by atoms with van der Waals surface area (Å²) in [4.78, 5) is 2.25. The minimum atomic E-state index is 0.853. The highest BCUT2D eigenvalue weighted by Crippen LogP contribution is 2.36. The molecule has 0 heterocycles. The molecule has 0 aliphatic heterocycles. The van der Waals surface area contributed by atoms with Crippen LogP contribution >= 0.6 is 0 Å². The molecule has 0 aromatic heterocycles. The molecule has 0 spiro atoms. The monoisotopic (exact) mass is 365 g/mol. The van der Waals surface area contributed by atoms with E-state index in [9.17, 15) is 0 Å². The molecule has 2 heteroatoms. The molecular formula is C26H23NO. The van der Waals surface area contributed by atoms with Crippen molar-refractivity contribution in [3.05, 3.63) is 109 Å². The molecule has 0 radical (unpaired) electrons. The molecule has 4 rings (SSSR count). The second-order valence-electron chi connectivity index (χ2n) is 6.78. The topological polar surface area (TPSA) is 12.5 Å². The zero-order valence-electron chi connectivity index (χ0n) is 16.2. The Balaban J connectivity index is 1.73. The minimum absolute atomic E-state index is 0.853. The molecule has 2 nitrogen and oxygen atoms in total. The lowest BCUT2D eigenvalue weighted by Crippen LogP contribution is -2.09. The van der Waals surface area contributed by atoms with Gasteiger partial charge in [-0.3, -0.25) is 0 Å². The predicted octanol–water partition coefficient (Wildman–Crippen LogP) is 7.14. The van der Waals surface area contributed by atoms with Crippen molar-refractivity contribution in [1.29, 1.82) is 0 Å². The second kappa shape index (κ2) is 8.01. The van der Waals surface area contributed by atoms with Gasteiger partial charge in [-0.05, 0) is 66.6 Å². The normalized spacial score (nSPS) is 10.5.